The van der Waals surface area contributed by atoms with E-state index >= 15 is 0 Å². The Balaban J connectivity index is 2.42. The summed E-state index contributed by atoms with van der Waals surface area (Å²) >= 11 is 1.32. The van der Waals surface area contributed by atoms with Gasteiger partial charge in [0.2, 0.25) is 0 Å². The Kier molecular flexibility index (Phi) is 1.32. The average molecular weight is 154 g/mol. The number of ether oxygens (including phenoxy) is 1. The summed E-state index contributed by atoms with van der Waals surface area (Å²) in [6.07, 6.45) is 0. The average Bonchev–Trinajstić information content (AvgIpc) is 2.27. The number of hydrogen-bond acceptors (Lipinski definition) is 3. The van der Waals surface area contributed by atoms with E-state index in [1.165, 1.54) is 11.8 Å². The van der Waals surface area contributed by atoms with Gasteiger partial charge in [0.25, 0.3) is 5.62 Å². The molecule has 0 spiro atoms. The molecule has 2 rings (SSSR count). The lowest BCUT2D eigenvalue weighted by Crippen LogP contribution is -2.02. The topological polar surface area (TPSA) is 29.5 Å². The maximum absolute atomic E-state index is 8.99. The molecule has 0 fully saturated rings. The highest BCUT2D eigenvalue weighted by molar-refractivity contribution is 8.00. The van der Waals surface area contributed by atoms with E-state index in [0.29, 0.717) is 0 Å². The van der Waals surface area contributed by atoms with Crippen molar-refractivity contribution < 1.29 is 9.84 Å². The van der Waals surface area contributed by atoms with Gasteiger partial charge in [-0.25, -0.2) is 0 Å². The quantitative estimate of drug-likeness (QED) is 0.613. The first kappa shape index (κ1) is 6.07. The number of hydrogen-bond donors (Lipinski definition) is 1. The van der Waals surface area contributed by atoms with Crippen LogP contribution in [0.1, 0.15) is 0 Å². The van der Waals surface area contributed by atoms with Crippen molar-refractivity contribution in [3.8, 4) is 5.75 Å². The summed E-state index contributed by atoms with van der Waals surface area (Å²) in [5.74, 6) is 0.778. The van der Waals surface area contributed by atoms with E-state index < -0.39 is 5.62 Å². The molecule has 0 saturated carbocycles. The molecule has 1 aromatic carbocycles. The summed E-state index contributed by atoms with van der Waals surface area (Å²) in [6.45, 7) is 0. The van der Waals surface area contributed by atoms with E-state index in [9.17, 15) is 0 Å². The summed E-state index contributed by atoms with van der Waals surface area (Å²) in [5.41, 5.74) is -0.711. The maximum atomic E-state index is 8.99. The summed E-state index contributed by atoms with van der Waals surface area (Å²) in [7, 11) is 0. The van der Waals surface area contributed by atoms with Crippen LogP contribution in [0.2, 0.25) is 0 Å². The van der Waals surface area contributed by atoms with Crippen LogP contribution in [0, 0.1) is 0 Å². The van der Waals surface area contributed by atoms with E-state index in [0.717, 1.165) is 10.6 Å². The van der Waals surface area contributed by atoms with Crippen molar-refractivity contribution in [2.75, 3.05) is 0 Å². The molecular formula is C7H6O2S. The van der Waals surface area contributed by atoms with Gasteiger partial charge in [-0.2, -0.15) is 0 Å². The summed E-state index contributed by atoms with van der Waals surface area (Å²) < 4.78 is 5.03. The fourth-order valence-electron chi connectivity index (χ4n) is 0.886. The minimum atomic E-state index is -0.711. The van der Waals surface area contributed by atoms with E-state index in [4.69, 9.17) is 9.84 Å². The van der Waals surface area contributed by atoms with Crippen LogP contribution >= 0.6 is 11.8 Å². The molecule has 52 valence electrons. The predicted molar refractivity (Wildman–Crippen MR) is 38.9 cm³/mol. The molecule has 0 saturated heterocycles. The van der Waals surface area contributed by atoms with Crippen LogP contribution in [-0.2, 0) is 0 Å². The lowest BCUT2D eigenvalue weighted by Gasteiger charge is -1.97. The molecule has 10 heavy (non-hydrogen) atoms. The fourth-order valence-corrected chi connectivity index (χ4v) is 1.64. The number of fused-ring (bicyclic) bond motifs is 1. The van der Waals surface area contributed by atoms with Crippen molar-refractivity contribution >= 4 is 11.8 Å². The van der Waals surface area contributed by atoms with Crippen LogP contribution in [-0.4, -0.2) is 10.7 Å². The van der Waals surface area contributed by atoms with Crippen molar-refractivity contribution in [2.24, 2.45) is 0 Å². The Morgan fingerprint density at radius 1 is 1.40 bits per heavy atom. The number of benzene rings is 1. The molecule has 1 N–H and O–H groups in total. The standard InChI is InChI=1S/C7H6O2S/c8-7-9-5-3-1-2-4-6(5)10-7/h1-4,7-8H. The zero-order chi connectivity index (χ0) is 6.97. The third-order valence-corrected chi connectivity index (χ3v) is 2.19. The molecule has 0 radical (unpaired) electrons. The molecule has 1 aromatic rings. The van der Waals surface area contributed by atoms with Gasteiger partial charge in [-0.05, 0) is 23.9 Å². The molecule has 1 atom stereocenters. The molecule has 0 bridgehead atoms. The first-order valence-electron chi connectivity index (χ1n) is 2.97. The molecule has 2 nitrogen and oxygen atoms in total. The number of para-hydroxylation sites is 1. The van der Waals surface area contributed by atoms with Crippen LogP contribution in [0.15, 0.2) is 29.2 Å². The monoisotopic (exact) mass is 154 g/mol. The van der Waals surface area contributed by atoms with Gasteiger partial charge in [0.1, 0.15) is 5.75 Å². The molecule has 1 aliphatic heterocycles. The van der Waals surface area contributed by atoms with Gasteiger partial charge in [0.15, 0.2) is 0 Å². The van der Waals surface area contributed by atoms with Gasteiger partial charge in [0, 0.05) is 0 Å². The molecule has 3 heteroatoms. The van der Waals surface area contributed by atoms with Crippen molar-refractivity contribution in [3.63, 3.8) is 0 Å². The SMILES string of the molecule is OC1Oc2ccccc2S1. The smallest absolute Gasteiger partial charge is 0.251 e. The summed E-state index contributed by atoms with van der Waals surface area (Å²) in [5, 5.41) is 8.99. The summed E-state index contributed by atoms with van der Waals surface area (Å²) in [6, 6.07) is 7.58. The molecule has 1 heterocycles. The second-order valence-electron chi connectivity index (χ2n) is 1.99. The number of aliphatic hydroxyl groups is 1. The van der Waals surface area contributed by atoms with Crippen molar-refractivity contribution in [2.45, 2.75) is 10.5 Å². The number of thioether (sulfide) groups is 1. The molecule has 1 unspecified atom stereocenters. The Bertz CT molecular complexity index is 224. The van der Waals surface area contributed by atoms with E-state index in [1.54, 1.807) is 0 Å². The molecule has 0 amide bonds. The van der Waals surface area contributed by atoms with Gasteiger partial charge >= 0.3 is 0 Å². The normalized spacial score (nSPS) is 21.9. The zero-order valence-corrected chi connectivity index (χ0v) is 5.97. The third-order valence-electron chi connectivity index (χ3n) is 1.30. The second-order valence-corrected chi connectivity index (χ2v) is 3.07. The Hall–Kier alpha value is -0.670. The Morgan fingerprint density at radius 2 is 2.20 bits per heavy atom. The van der Waals surface area contributed by atoms with Crippen molar-refractivity contribution in [1.29, 1.82) is 0 Å². The van der Waals surface area contributed by atoms with Gasteiger partial charge in [-0.1, -0.05) is 12.1 Å². The zero-order valence-electron chi connectivity index (χ0n) is 5.15. The molecule has 0 aromatic heterocycles. The van der Waals surface area contributed by atoms with Gasteiger partial charge in [0.05, 0.1) is 4.90 Å². The highest BCUT2D eigenvalue weighted by Crippen LogP contribution is 2.38. The Labute approximate surface area is 62.8 Å². The van der Waals surface area contributed by atoms with Gasteiger partial charge < -0.3 is 9.84 Å². The number of aliphatic hydroxyl groups excluding tert-OH is 1. The highest BCUT2D eigenvalue weighted by atomic mass is 32.2. The third kappa shape index (κ3) is 0.874. The van der Waals surface area contributed by atoms with E-state index in [2.05, 4.69) is 0 Å². The first-order chi connectivity index (χ1) is 4.86. The lowest BCUT2D eigenvalue weighted by atomic mass is 10.3. The minimum absolute atomic E-state index is 0.711. The highest BCUT2D eigenvalue weighted by Gasteiger charge is 2.19. The van der Waals surface area contributed by atoms with Crippen molar-refractivity contribution in [3.05, 3.63) is 24.3 Å². The van der Waals surface area contributed by atoms with Crippen molar-refractivity contribution in [1.82, 2.24) is 0 Å². The van der Waals surface area contributed by atoms with Crippen LogP contribution in [0.25, 0.3) is 0 Å². The van der Waals surface area contributed by atoms with Gasteiger partial charge in [-0.3, -0.25) is 0 Å². The number of rotatable bonds is 0. The van der Waals surface area contributed by atoms with E-state index in [1.807, 2.05) is 24.3 Å². The van der Waals surface area contributed by atoms with Crippen LogP contribution < -0.4 is 4.74 Å². The van der Waals surface area contributed by atoms with E-state index in [-0.39, 0.29) is 0 Å². The molecular weight excluding hydrogens is 148 g/mol. The first-order valence-corrected chi connectivity index (χ1v) is 3.84. The fraction of sp³-hybridized carbons (Fsp3) is 0.143. The van der Waals surface area contributed by atoms with Gasteiger partial charge in [-0.15, -0.1) is 0 Å². The van der Waals surface area contributed by atoms with Crippen LogP contribution in [0.4, 0.5) is 0 Å². The minimum Gasteiger partial charge on any atom is -0.454 e. The van der Waals surface area contributed by atoms with Crippen LogP contribution in [0.5, 0.6) is 5.75 Å². The molecule has 0 aliphatic carbocycles. The Morgan fingerprint density at radius 3 is 3.00 bits per heavy atom. The largest absolute Gasteiger partial charge is 0.454 e. The second kappa shape index (κ2) is 2.18. The van der Waals surface area contributed by atoms with Crippen LogP contribution in [0.3, 0.4) is 0 Å². The lowest BCUT2D eigenvalue weighted by molar-refractivity contribution is 0.0683. The summed E-state index contributed by atoms with van der Waals surface area (Å²) in [4.78, 5) is 1.01. The molecule has 1 aliphatic rings. The predicted octanol–water partition coefficient (Wildman–Crippen LogP) is 1.45. The maximum Gasteiger partial charge on any atom is 0.251 e.